The standard InChI is InChI=1S/C18H15NO2S/c1-2-21-18(20)16-12-17(22-13-8-4-3-5-9-13)14-10-6-7-11-15(14)19-16/h3-12H,2H2,1H3. The highest BCUT2D eigenvalue weighted by molar-refractivity contribution is 7.99. The van der Waals surface area contributed by atoms with E-state index in [0.717, 1.165) is 20.7 Å². The van der Waals surface area contributed by atoms with Gasteiger partial charge in [0.15, 0.2) is 0 Å². The summed E-state index contributed by atoms with van der Waals surface area (Å²) in [7, 11) is 0. The van der Waals surface area contributed by atoms with Crippen LogP contribution in [-0.4, -0.2) is 17.6 Å². The highest BCUT2D eigenvalue weighted by atomic mass is 32.2. The Balaban J connectivity index is 2.08. The summed E-state index contributed by atoms with van der Waals surface area (Å²) in [5.74, 6) is -0.386. The average molecular weight is 309 g/mol. The van der Waals surface area contributed by atoms with Crippen molar-refractivity contribution in [1.82, 2.24) is 4.98 Å². The molecule has 0 aliphatic heterocycles. The number of pyridine rings is 1. The minimum atomic E-state index is -0.386. The molecule has 3 aromatic rings. The van der Waals surface area contributed by atoms with E-state index in [-0.39, 0.29) is 5.97 Å². The number of rotatable bonds is 4. The van der Waals surface area contributed by atoms with Gasteiger partial charge in [-0.25, -0.2) is 9.78 Å². The van der Waals surface area contributed by atoms with Crippen LogP contribution in [0.25, 0.3) is 10.9 Å². The molecule has 0 bridgehead atoms. The van der Waals surface area contributed by atoms with E-state index in [1.54, 1.807) is 24.8 Å². The number of nitrogens with zero attached hydrogens (tertiary/aromatic N) is 1. The van der Waals surface area contributed by atoms with E-state index in [0.29, 0.717) is 12.3 Å². The smallest absolute Gasteiger partial charge is 0.356 e. The Bertz CT molecular complexity index is 803. The second kappa shape index (κ2) is 6.62. The van der Waals surface area contributed by atoms with Crippen LogP contribution in [0.1, 0.15) is 17.4 Å². The van der Waals surface area contributed by atoms with Crippen molar-refractivity contribution in [2.45, 2.75) is 16.7 Å². The molecule has 0 unspecified atom stereocenters. The highest BCUT2D eigenvalue weighted by Crippen LogP contribution is 2.33. The first-order valence-electron chi connectivity index (χ1n) is 7.07. The molecule has 0 N–H and O–H groups in total. The Morgan fingerprint density at radius 2 is 1.82 bits per heavy atom. The molecule has 1 aromatic heterocycles. The molecular weight excluding hydrogens is 294 g/mol. The number of esters is 1. The predicted molar refractivity (Wildman–Crippen MR) is 88.3 cm³/mol. The van der Waals surface area contributed by atoms with E-state index in [9.17, 15) is 4.79 Å². The van der Waals surface area contributed by atoms with Crippen molar-refractivity contribution in [3.63, 3.8) is 0 Å². The third-order valence-corrected chi connectivity index (χ3v) is 4.20. The van der Waals surface area contributed by atoms with Gasteiger partial charge in [0.05, 0.1) is 12.1 Å². The lowest BCUT2D eigenvalue weighted by Crippen LogP contribution is -2.07. The van der Waals surface area contributed by atoms with Crippen molar-refractivity contribution in [2.75, 3.05) is 6.61 Å². The van der Waals surface area contributed by atoms with E-state index in [1.165, 1.54) is 0 Å². The van der Waals surface area contributed by atoms with Gasteiger partial charge in [-0.15, -0.1) is 0 Å². The summed E-state index contributed by atoms with van der Waals surface area (Å²) in [4.78, 5) is 18.5. The first-order chi connectivity index (χ1) is 10.8. The first kappa shape index (κ1) is 14.6. The summed E-state index contributed by atoms with van der Waals surface area (Å²) in [5.41, 5.74) is 1.14. The number of aromatic nitrogens is 1. The van der Waals surface area contributed by atoms with Crippen LogP contribution in [-0.2, 0) is 4.74 Å². The van der Waals surface area contributed by atoms with Crippen molar-refractivity contribution in [3.05, 3.63) is 66.4 Å². The molecule has 0 radical (unpaired) electrons. The molecule has 0 amide bonds. The molecule has 0 saturated heterocycles. The van der Waals surface area contributed by atoms with Gasteiger partial charge < -0.3 is 4.74 Å². The number of fused-ring (bicyclic) bond motifs is 1. The van der Waals surface area contributed by atoms with Crippen LogP contribution in [0.15, 0.2) is 70.5 Å². The Hall–Kier alpha value is -2.33. The van der Waals surface area contributed by atoms with Crippen LogP contribution in [0.5, 0.6) is 0 Å². The average Bonchev–Trinajstić information content (AvgIpc) is 2.56. The van der Waals surface area contributed by atoms with E-state index in [1.807, 2.05) is 54.6 Å². The number of hydrogen-bond donors (Lipinski definition) is 0. The zero-order chi connectivity index (χ0) is 15.4. The maximum atomic E-state index is 12.0. The summed E-state index contributed by atoms with van der Waals surface area (Å²) in [5, 5.41) is 1.03. The Labute approximate surface area is 133 Å². The molecule has 4 heteroatoms. The number of ether oxygens (including phenoxy) is 1. The summed E-state index contributed by atoms with van der Waals surface area (Å²) in [6.07, 6.45) is 0. The van der Waals surface area contributed by atoms with Crippen molar-refractivity contribution < 1.29 is 9.53 Å². The minimum Gasteiger partial charge on any atom is -0.461 e. The van der Waals surface area contributed by atoms with Gasteiger partial charge in [0, 0.05) is 15.2 Å². The largest absolute Gasteiger partial charge is 0.461 e. The molecule has 3 rings (SSSR count). The number of benzene rings is 2. The Kier molecular flexibility index (Phi) is 4.39. The number of hydrogen-bond acceptors (Lipinski definition) is 4. The van der Waals surface area contributed by atoms with Crippen molar-refractivity contribution in [1.29, 1.82) is 0 Å². The normalized spacial score (nSPS) is 10.6. The summed E-state index contributed by atoms with van der Waals surface area (Å²) in [6.45, 7) is 2.13. The zero-order valence-electron chi connectivity index (χ0n) is 12.2. The van der Waals surface area contributed by atoms with Gasteiger partial charge in [-0.2, -0.15) is 0 Å². The molecule has 0 fully saturated rings. The summed E-state index contributed by atoms with van der Waals surface area (Å²) >= 11 is 1.62. The van der Waals surface area contributed by atoms with Crippen LogP contribution in [0.3, 0.4) is 0 Å². The summed E-state index contributed by atoms with van der Waals surface area (Å²) < 4.78 is 5.07. The first-order valence-corrected chi connectivity index (χ1v) is 7.89. The molecule has 110 valence electrons. The minimum absolute atomic E-state index is 0.342. The van der Waals surface area contributed by atoms with Crippen LogP contribution < -0.4 is 0 Å². The molecule has 3 nitrogen and oxygen atoms in total. The number of para-hydroxylation sites is 1. The molecule has 1 heterocycles. The Morgan fingerprint density at radius 1 is 1.09 bits per heavy atom. The van der Waals surface area contributed by atoms with E-state index < -0.39 is 0 Å². The lowest BCUT2D eigenvalue weighted by Gasteiger charge is -2.09. The second-order valence-corrected chi connectivity index (χ2v) is 5.77. The summed E-state index contributed by atoms with van der Waals surface area (Å²) in [6, 6.07) is 19.7. The molecule has 0 aliphatic carbocycles. The lowest BCUT2D eigenvalue weighted by atomic mass is 10.2. The van der Waals surface area contributed by atoms with Gasteiger partial charge in [0.2, 0.25) is 0 Å². The van der Waals surface area contributed by atoms with Gasteiger partial charge in [0.1, 0.15) is 5.69 Å². The zero-order valence-corrected chi connectivity index (χ0v) is 13.0. The molecule has 0 spiro atoms. The molecule has 0 atom stereocenters. The maximum absolute atomic E-state index is 12.0. The third kappa shape index (κ3) is 3.12. The maximum Gasteiger partial charge on any atom is 0.356 e. The predicted octanol–water partition coefficient (Wildman–Crippen LogP) is 4.56. The molecule has 22 heavy (non-hydrogen) atoms. The van der Waals surface area contributed by atoms with Gasteiger partial charge in [-0.1, -0.05) is 48.2 Å². The van der Waals surface area contributed by atoms with Gasteiger partial charge in [-0.3, -0.25) is 0 Å². The van der Waals surface area contributed by atoms with Crippen molar-refractivity contribution in [3.8, 4) is 0 Å². The molecule has 2 aromatic carbocycles. The van der Waals surface area contributed by atoms with Crippen LogP contribution in [0, 0.1) is 0 Å². The van der Waals surface area contributed by atoms with Crippen molar-refractivity contribution >= 4 is 28.6 Å². The monoisotopic (exact) mass is 309 g/mol. The molecule has 0 saturated carbocycles. The van der Waals surface area contributed by atoms with Crippen LogP contribution in [0.2, 0.25) is 0 Å². The van der Waals surface area contributed by atoms with E-state index in [4.69, 9.17) is 4.74 Å². The molecular formula is C18H15NO2S. The Morgan fingerprint density at radius 3 is 2.59 bits per heavy atom. The van der Waals surface area contributed by atoms with Gasteiger partial charge >= 0.3 is 5.97 Å². The fraction of sp³-hybridized carbons (Fsp3) is 0.111. The van der Waals surface area contributed by atoms with E-state index >= 15 is 0 Å². The highest BCUT2D eigenvalue weighted by Gasteiger charge is 2.13. The van der Waals surface area contributed by atoms with Crippen LogP contribution >= 0.6 is 11.8 Å². The van der Waals surface area contributed by atoms with Crippen molar-refractivity contribution in [2.24, 2.45) is 0 Å². The quantitative estimate of drug-likeness (QED) is 0.662. The molecule has 0 aliphatic rings. The fourth-order valence-corrected chi connectivity index (χ4v) is 3.15. The van der Waals surface area contributed by atoms with Crippen LogP contribution in [0.4, 0.5) is 0 Å². The SMILES string of the molecule is CCOC(=O)c1cc(Sc2ccccc2)c2ccccc2n1. The van der Waals surface area contributed by atoms with E-state index in [2.05, 4.69) is 4.98 Å². The van der Waals surface area contributed by atoms with Gasteiger partial charge in [-0.05, 0) is 31.2 Å². The fourth-order valence-electron chi connectivity index (χ4n) is 2.15. The second-order valence-electron chi connectivity index (χ2n) is 4.66. The lowest BCUT2D eigenvalue weighted by molar-refractivity contribution is 0.0519. The topological polar surface area (TPSA) is 39.2 Å². The van der Waals surface area contributed by atoms with Gasteiger partial charge in [0.25, 0.3) is 0 Å². The third-order valence-electron chi connectivity index (χ3n) is 3.13. The number of carbonyl (C=O) groups is 1. The number of carbonyl (C=O) groups excluding carboxylic acids is 1.